The highest BCUT2D eigenvalue weighted by Crippen LogP contribution is 2.32. The summed E-state index contributed by atoms with van der Waals surface area (Å²) in [6.07, 6.45) is 0. The van der Waals surface area contributed by atoms with Crippen molar-refractivity contribution >= 4 is 40.0 Å². The topological polar surface area (TPSA) is 23.9 Å². The minimum absolute atomic E-state index is 0.238. The van der Waals surface area contributed by atoms with Crippen LogP contribution < -0.4 is 0 Å². The highest BCUT2D eigenvalue weighted by Gasteiger charge is 2.08. The molecule has 0 spiro atoms. The molecule has 0 bridgehead atoms. The lowest BCUT2D eigenvalue weighted by Gasteiger charge is -2.11. The van der Waals surface area contributed by atoms with Crippen molar-refractivity contribution in [3.8, 4) is 0 Å². The highest BCUT2D eigenvalue weighted by atomic mass is 35.5. The Morgan fingerprint density at radius 1 is 1.36 bits per heavy atom. The number of hydrogen-bond donors (Lipinski definition) is 1. The second-order valence-electron chi connectivity index (χ2n) is 2.99. The molecule has 0 aliphatic rings. The first kappa shape index (κ1) is 11.9. The lowest BCUT2D eigenvalue weighted by molar-refractivity contribution is 1.11. The van der Waals surface area contributed by atoms with E-state index in [-0.39, 0.29) is 5.25 Å². The normalized spacial score (nSPS) is 12.6. The lowest BCUT2D eigenvalue weighted by atomic mass is 10.2. The molecule has 1 N–H and O–H groups in total. The van der Waals surface area contributed by atoms with Gasteiger partial charge in [-0.1, -0.05) is 29.3 Å². The Balaban J connectivity index is 2.85. The number of hydrogen-bond acceptors (Lipinski definition) is 2. The number of halogens is 2. The van der Waals surface area contributed by atoms with Gasteiger partial charge in [-0.2, -0.15) is 0 Å². The monoisotopic (exact) mass is 247 g/mol. The van der Waals surface area contributed by atoms with Crippen LogP contribution in [0.15, 0.2) is 18.2 Å². The molecule has 0 heterocycles. The van der Waals surface area contributed by atoms with E-state index in [1.807, 2.05) is 19.1 Å². The van der Waals surface area contributed by atoms with Crippen LogP contribution in [0.25, 0.3) is 0 Å². The van der Waals surface area contributed by atoms with Gasteiger partial charge in [0.1, 0.15) is 0 Å². The Morgan fingerprint density at radius 3 is 2.50 bits per heavy atom. The third-order valence-corrected chi connectivity index (χ3v) is 3.48. The predicted molar refractivity (Wildman–Crippen MR) is 65.9 cm³/mol. The van der Waals surface area contributed by atoms with Crippen LogP contribution in [0.3, 0.4) is 0 Å². The summed E-state index contributed by atoms with van der Waals surface area (Å²) in [5, 5.41) is 9.35. The molecule has 1 aromatic carbocycles. The van der Waals surface area contributed by atoms with Crippen LogP contribution in [0.2, 0.25) is 10.0 Å². The maximum Gasteiger partial charge on any atom is 0.0616 e. The summed E-state index contributed by atoms with van der Waals surface area (Å²) in [6.45, 7) is 3.82. The van der Waals surface area contributed by atoms with Crippen molar-refractivity contribution in [1.82, 2.24) is 0 Å². The van der Waals surface area contributed by atoms with Gasteiger partial charge in [0.2, 0.25) is 0 Å². The predicted octanol–water partition coefficient (Wildman–Crippen LogP) is 4.78. The molecule has 14 heavy (non-hydrogen) atoms. The van der Waals surface area contributed by atoms with Crippen molar-refractivity contribution in [2.75, 3.05) is 0 Å². The maximum atomic E-state index is 7.37. The Morgan fingerprint density at radius 2 is 2.00 bits per heavy atom. The van der Waals surface area contributed by atoms with Gasteiger partial charge < -0.3 is 0 Å². The lowest BCUT2D eigenvalue weighted by Crippen LogP contribution is -1.91. The molecule has 0 amide bonds. The summed E-state index contributed by atoms with van der Waals surface area (Å²) in [5.74, 6) is 0. The van der Waals surface area contributed by atoms with Crippen LogP contribution in [0.4, 0.5) is 0 Å². The Hall–Kier alpha value is -0.180. The number of nitrogens with one attached hydrogen (secondary N) is 1. The molecular formula is C10H11Cl2NS. The van der Waals surface area contributed by atoms with Crippen molar-refractivity contribution in [1.29, 1.82) is 5.41 Å². The zero-order chi connectivity index (χ0) is 10.7. The Labute approximate surface area is 98.3 Å². The maximum absolute atomic E-state index is 7.37. The van der Waals surface area contributed by atoms with Crippen LogP contribution in [-0.4, -0.2) is 5.04 Å². The molecule has 1 unspecified atom stereocenters. The van der Waals surface area contributed by atoms with Gasteiger partial charge in [0, 0.05) is 5.25 Å². The van der Waals surface area contributed by atoms with Gasteiger partial charge in [-0.05, 0) is 31.5 Å². The highest BCUT2D eigenvalue weighted by molar-refractivity contribution is 8.13. The Bertz CT molecular complexity index is 352. The second kappa shape index (κ2) is 5.06. The van der Waals surface area contributed by atoms with E-state index in [0.29, 0.717) is 15.1 Å². The van der Waals surface area contributed by atoms with E-state index >= 15 is 0 Å². The van der Waals surface area contributed by atoms with Crippen LogP contribution >= 0.6 is 35.0 Å². The molecule has 0 fully saturated rings. The van der Waals surface area contributed by atoms with Crippen LogP contribution in [-0.2, 0) is 0 Å². The van der Waals surface area contributed by atoms with Crippen LogP contribution in [0.1, 0.15) is 24.7 Å². The van der Waals surface area contributed by atoms with Crippen molar-refractivity contribution in [3.63, 3.8) is 0 Å². The fraction of sp³-hybridized carbons (Fsp3) is 0.300. The molecule has 0 saturated carbocycles. The zero-order valence-corrected chi connectivity index (χ0v) is 10.3. The first-order chi connectivity index (χ1) is 6.50. The number of rotatable bonds is 2. The zero-order valence-electron chi connectivity index (χ0n) is 7.97. The molecule has 0 saturated heterocycles. The molecule has 1 aromatic rings. The SMILES string of the molecule is CC(=N)SC(C)c1ccc(Cl)c(Cl)c1. The van der Waals surface area contributed by atoms with Crippen molar-refractivity contribution < 1.29 is 0 Å². The molecular weight excluding hydrogens is 237 g/mol. The van der Waals surface area contributed by atoms with E-state index in [1.54, 1.807) is 13.0 Å². The average Bonchev–Trinajstić information content (AvgIpc) is 2.08. The van der Waals surface area contributed by atoms with Gasteiger partial charge in [-0.25, -0.2) is 0 Å². The van der Waals surface area contributed by atoms with Gasteiger partial charge in [0.25, 0.3) is 0 Å². The third-order valence-electron chi connectivity index (χ3n) is 1.77. The Kier molecular flexibility index (Phi) is 4.30. The second-order valence-corrected chi connectivity index (χ2v) is 5.36. The number of thioether (sulfide) groups is 1. The van der Waals surface area contributed by atoms with E-state index < -0.39 is 0 Å². The van der Waals surface area contributed by atoms with Crippen LogP contribution in [0, 0.1) is 5.41 Å². The third kappa shape index (κ3) is 3.19. The summed E-state index contributed by atoms with van der Waals surface area (Å²) in [5.41, 5.74) is 1.09. The summed E-state index contributed by atoms with van der Waals surface area (Å²) in [4.78, 5) is 0. The molecule has 76 valence electrons. The average molecular weight is 248 g/mol. The first-order valence-electron chi connectivity index (χ1n) is 4.17. The standard InChI is InChI=1S/C10H11Cl2NS/c1-6(14-7(2)13)8-3-4-9(11)10(12)5-8/h3-6,13H,1-2H3. The molecule has 1 nitrogen and oxygen atoms in total. The minimum atomic E-state index is 0.238. The smallest absolute Gasteiger partial charge is 0.0616 e. The quantitative estimate of drug-likeness (QED) is 0.590. The minimum Gasteiger partial charge on any atom is -0.299 e. The van der Waals surface area contributed by atoms with Gasteiger partial charge in [0.15, 0.2) is 0 Å². The van der Waals surface area contributed by atoms with E-state index in [9.17, 15) is 0 Å². The summed E-state index contributed by atoms with van der Waals surface area (Å²) < 4.78 is 0. The molecule has 0 aliphatic heterocycles. The summed E-state index contributed by atoms with van der Waals surface area (Å²) in [6, 6.07) is 5.58. The fourth-order valence-electron chi connectivity index (χ4n) is 1.10. The van der Waals surface area contributed by atoms with E-state index in [0.717, 1.165) is 5.56 Å². The molecule has 0 aliphatic carbocycles. The molecule has 0 aromatic heterocycles. The molecule has 0 radical (unpaired) electrons. The molecule has 1 atom stereocenters. The van der Waals surface area contributed by atoms with Gasteiger partial charge in [-0.15, -0.1) is 11.8 Å². The van der Waals surface area contributed by atoms with Gasteiger partial charge in [0.05, 0.1) is 15.1 Å². The van der Waals surface area contributed by atoms with Crippen LogP contribution in [0.5, 0.6) is 0 Å². The van der Waals surface area contributed by atoms with Gasteiger partial charge in [-0.3, -0.25) is 5.41 Å². The van der Waals surface area contributed by atoms with Crippen molar-refractivity contribution in [3.05, 3.63) is 33.8 Å². The van der Waals surface area contributed by atoms with E-state index in [4.69, 9.17) is 28.6 Å². The van der Waals surface area contributed by atoms with Crippen molar-refractivity contribution in [2.45, 2.75) is 19.1 Å². The fourth-order valence-corrected chi connectivity index (χ4v) is 2.22. The summed E-state index contributed by atoms with van der Waals surface area (Å²) in [7, 11) is 0. The number of benzene rings is 1. The summed E-state index contributed by atoms with van der Waals surface area (Å²) >= 11 is 13.2. The molecule has 1 rings (SSSR count). The van der Waals surface area contributed by atoms with Gasteiger partial charge >= 0.3 is 0 Å². The largest absolute Gasteiger partial charge is 0.299 e. The van der Waals surface area contributed by atoms with E-state index in [2.05, 4.69) is 0 Å². The van der Waals surface area contributed by atoms with E-state index in [1.165, 1.54) is 11.8 Å². The van der Waals surface area contributed by atoms with Crippen molar-refractivity contribution in [2.24, 2.45) is 0 Å². The molecule has 4 heteroatoms. The first-order valence-corrected chi connectivity index (χ1v) is 5.81.